The highest BCUT2D eigenvalue weighted by atomic mass is 32.1. The number of benzene rings is 1. The van der Waals surface area contributed by atoms with Crippen LogP contribution < -0.4 is 10.2 Å². The molecule has 0 radical (unpaired) electrons. The number of amides is 3. The van der Waals surface area contributed by atoms with Crippen molar-refractivity contribution in [3.8, 4) is 0 Å². The van der Waals surface area contributed by atoms with Crippen molar-refractivity contribution in [3.05, 3.63) is 46.2 Å². The second-order valence-electron chi connectivity index (χ2n) is 6.89. The molecule has 27 heavy (non-hydrogen) atoms. The molecule has 2 aliphatic rings. The van der Waals surface area contributed by atoms with Gasteiger partial charge in [-0.2, -0.15) is 0 Å². The van der Waals surface area contributed by atoms with Crippen LogP contribution in [0.2, 0.25) is 0 Å². The zero-order chi connectivity index (χ0) is 19.0. The molecule has 1 fully saturated rings. The highest BCUT2D eigenvalue weighted by Crippen LogP contribution is 2.31. The highest BCUT2D eigenvalue weighted by Gasteiger charge is 2.35. The van der Waals surface area contributed by atoms with E-state index in [1.165, 1.54) is 11.3 Å². The first-order valence-corrected chi connectivity index (χ1v) is 9.99. The van der Waals surface area contributed by atoms with Crippen molar-refractivity contribution in [1.29, 1.82) is 0 Å². The molecule has 0 saturated carbocycles. The molecule has 3 amide bonds. The van der Waals surface area contributed by atoms with Gasteiger partial charge >= 0.3 is 0 Å². The zero-order valence-corrected chi connectivity index (χ0v) is 15.9. The van der Waals surface area contributed by atoms with Gasteiger partial charge in [0, 0.05) is 31.4 Å². The van der Waals surface area contributed by atoms with E-state index < -0.39 is 6.04 Å². The molecule has 3 heterocycles. The summed E-state index contributed by atoms with van der Waals surface area (Å²) in [5, 5.41) is 4.82. The van der Waals surface area contributed by atoms with Gasteiger partial charge in [-0.25, -0.2) is 0 Å². The zero-order valence-electron chi connectivity index (χ0n) is 15.1. The number of carbonyl (C=O) groups is 3. The normalized spacial score (nSPS) is 18.5. The smallest absolute Gasteiger partial charge is 0.264 e. The molecule has 6 nitrogen and oxygen atoms in total. The Morgan fingerprint density at radius 2 is 2.04 bits per heavy atom. The van der Waals surface area contributed by atoms with E-state index in [2.05, 4.69) is 5.32 Å². The summed E-state index contributed by atoms with van der Waals surface area (Å²) in [5.41, 5.74) is 2.68. The third-order valence-electron chi connectivity index (χ3n) is 5.17. The molecular weight excluding hydrogens is 362 g/mol. The van der Waals surface area contributed by atoms with Crippen LogP contribution in [0.15, 0.2) is 35.7 Å². The predicted octanol–water partition coefficient (Wildman–Crippen LogP) is 2.90. The van der Waals surface area contributed by atoms with E-state index in [4.69, 9.17) is 0 Å². The SMILES string of the molecule is CC(=O)N1CCc2cc(NC(=O)C3CCCN3C(=O)c3cccs3)ccc21. The van der Waals surface area contributed by atoms with Crippen LogP contribution in [0, 0.1) is 0 Å². The summed E-state index contributed by atoms with van der Waals surface area (Å²) in [4.78, 5) is 41.2. The first kappa shape index (κ1) is 17.7. The second-order valence-corrected chi connectivity index (χ2v) is 7.83. The molecule has 0 aliphatic carbocycles. The van der Waals surface area contributed by atoms with E-state index in [9.17, 15) is 14.4 Å². The predicted molar refractivity (Wildman–Crippen MR) is 105 cm³/mol. The Kier molecular flexibility index (Phi) is 4.70. The number of hydrogen-bond donors (Lipinski definition) is 1. The van der Waals surface area contributed by atoms with Gasteiger partial charge < -0.3 is 15.1 Å². The van der Waals surface area contributed by atoms with E-state index in [1.807, 2.05) is 29.6 Å². The number of rotatable bonds is 3. The Morgan fingerprint density at radius 3 is 2.78 bits per heavy atom. The van der Waals surface area contributed by atoms with Crippen molar-refractivity contribution >= 4 is 40.4 Å². The summed E-state index contributed by atoms with van der Waals surface area (Å²) in [6, 6.07) is 8.82. The van der Waals surface area contributed by atoms with Crippen molar-refractivity contribution in [2.75, 3.05) is 23.3 Å². The van der Waals surface area contributed by atoms with Crippen LogP contribution >= 0.6 is 11.3 Å². The lowest BCUT2D eigenvalue weighted by atomic mass is 10.1. The fourth-order valence-corrected chi connectivity index (χ4v) is 4.54. The van der Waals surface area contributed by atoms with E-state index in [1.54, 1.807) is 22.8 Å². The standard InChI is InChI=1S/C20H21N3O3S/c1-13(24)22-10-8-14-12-15(6-7-16(14)22)21-19(25)17-4-2-9-23(17)20(26)18-5-3-11-27-18/h3,5-7,11-12,17H,2,4,8-10H2,1H3,(H,21,25). The summed E-state index contributed by atoms with van der Waals surface area (Å²) in [6.07, 6.45) is 2.28. The molecule has 0 spiro atoms. The summed E-state index contributed by atoms with van der Waals surface area (Å²) in [7, 11) is 0. The van der Waals surface area contributed by atoms with Crippen molar-refractivity contribution in [3.63, 3.8) is 0 Å². The van der Waals surface area contributed by atoms with Crippen molar-refractivity contribution in [2.45, 2.75) is 32.2 Å². The minimum atomic E-state index is -0.443. The molecule has 140 valence electrons. The number of hydrogen-bond acceptors (Lipinski definition) is 4. The molecule has 1 N–H and O–H groups in total. The van der Waals surface area contributed by atoms with Gasteiger partial charge in [0.2, 0.25) is 11.8 Å². The molecule has 0 bridgehead atoms. The van der Waals surface area contributed by atoms with Crippen LogP contribution in [-0.4, -0.2) is 41.8 Å². The number of likely N-dealkylation sites (tertiary alicyclic amines) is 1. The van der Waals surface area contributed by atoms with Gasteiger partial charge in [0.15, 0.2) is 0 Å². The number of nitrogens with zero attached hydrogens (tertiary/aromatic N) is 2. The maximum absolute atomic E-state index is 12.8. The van der Waals surface area contributed by atoms with Crippen LogP contribution in [-0.2, 0) is 16.0 Å². The summed E-state index contributed by atoms with van der Waals surface area (Å²) in [6.45, 7) is 2.84. The van der Waals surface area contributed by atoms with Gasteiger partial charge in [-0.1, -0.05) is 6.07 Å². The molecule has 1 aromatic carbocycles. The Balaban J connectivity index is 1.47. The summed E-state index contributed by atoms with van der Waals surface area (Å²) in [5.74, 6) is -0.202. The summed E-state index contributed by atoms with van der Waals surface area (Å²) < 4.78 is 0. The lowest BCUT2D eigenvalue weighted by molar-refractivity contribution is -0.119. The summed E-state index contributed by atoms with van der Waals surface area (Å²) >= 11 is 1.40. The van der Waals surface area contributed by atoms with Crippen LogP contribution in [0.5, 0.6) is 0 Å². The van der Waals surface area contributed by atoms with Gasteiger partial charge in [0.05, 0.1) is 4.88 Å². The minimum absolute atomic E-state index is 0.0271. The fourth-order valence-electron chi connectivity index (χ4n) is 3.86. The first-order chi connectivity index (χ1) is 13.0. The average Bonchev–Trinajstić information content (AvgIpc) is 3.39. The van der Waals surface area contributed by atoms with Crippen LogP contribution in [0.25, 0.3) is 0 Å². The molecule has 1 atom stereocenters. The van der Waals surface area contributed by atoms with E-state index >= 15 is 0 Å². The number of thiophene rings is 1. The molecule has 1 aromatic heterocycles. The molecule has 7 heteroatoms. The maximum atomic E-state index is 12.8. The molecule has 2 aliphatic heterocycles. The average molecular weight is 383 g/mol. The van der Waals surface area contributed by atoms with Crippen molar-refractivity contribution in [2.24, 2.45) is 0 Å². The van der Waals surface area contributed by atoms with E-state index in [0.29, 0.717) is 30.1 Å². The van der Waals surface area contributed by atoms with Crippen LogP contribution in [0.4, 0.5) is 11.4 Å². The molecule has 1 saturated heterocycles. The minimum Gasteiger partial charge on any atom is -0.326 e. The maximum Gasteiger partial charge on any atom is 0.264 e. The van der Waals surface area contributed by atoms with Crippen LogP contribution in [0.1, 0.15) is 35.0 Å². The van der Waals surface area contributed by atoms with Gasteiger partial charge in [-0.15, -0.1) is 11.3 Å². The third kappa shape index (κ3) is 3.35. The van der Waals surface area contributed by atoms with Gasteiger partial charge in [0.25, 0.3) is 5.91 Å². The molecule has 1 unspecified atom stereocenters. The number of carbonyl (C=O) groups excluding carboxylic acids is 3. The topological polar surface area (TPSA) is 69.7 Å². The van der Waals surface area contributed by atoms with Crippen molar-refractivity contribution in [1.82, 2.24) is 4.90 Å². The lowest BCUT2D eigenvalue weighted by Gasteiger charge is -2.23. The number of anilines is 2. The number of fused-ring (bicyclic) bond motifs is 1. The second kappa shape index (κ2) is 7.15. The van der Waals surface area contributed by atoms with Crippen LogP contribution in [0.3, 0.4) is 0 Å². The molecule has 2 aromatic rings. The molecule has 4 rings (SSSR count). The van der Waals surface area contributed by atoms with E-state index in [0.717, 1.165) is 24.1 Å². The Morgan fingerprint density at radius 1 is 1.19 bits per heavy atom. The van der Waals surface area contributed by atoms with E-state index in [-0.39, 0.29) is 17.7 Å². The fraction of sp³-hybridized carbons (Fsp3) is 0.350. The Hall–Kier alpha value is -2.67. The number of nitrogens with one attached hydrogen (secondary N) is 1. The highest BCUT2D eigenvalue weighted by molar-refractivity contribution is 7.12. The monoisotopic (exact) mass is 383 g/mol. The Bertz CT molecular complexity index is 894. The van der Waals surface area contributed by atoms with Gasteiger partial charge in [-0.3, -0.25) is 14.4 Å². The quantitative estimate of drug-likeness (QED) is 0.886. The third-order valence-corrected chi connectivity index (χ3v) is 6.03. The molecular formula is C20H21N3O3S. The van der Waals surface area contributed by atoms with Gasteiger partial charge in [-0.05, 0) is 54.5 Å². The van der Waals surface area contributed by atoms with Crippen molar-refractivity contribution < 1.29 is 14.4 Å². The van der Waals surface area contributed by atoms with Gasteiger partial charge in [0.1, 0.15) is 6.04 Å². The lowest BCUT2D eigenvalue weighted by Crippen LogP contribution is -2.42. The Labute approximate surface area is 161 Å². The largest absolute Gasteiger partial charge is 0.326 e. The first-order valence-electron chi connectivity index (χ1n) is 9.11.